The molecule has 1 aromatic carbocycles. The molecule has 0 heterocycles. The van der Waals surface area contributed by atoms with Crippen molar-refractivity contribution in [1.29, 1.82) is 0 Å². The maximum absolute atomic E-state index is 13.7. The monoisotopic (exact) mass is 272 g/mol. The van der Waals surface area contributed by atoms with Crippen molar-refractivity contribution in [1.82, 2.24) is 0 Å². The van der Waals surface area contributed by atoms with Crippen molar-refractivity contribution in [3.63, 3.8) is 0 Å². The highest BCUT2D eigenvalue weighted by molar-refractivity contribution is 7.90. The molecule has 0 aromatic heterocycles. The Bertz CT molecular complexity index is 513. The van der Waals surface area contributed by atoms with Crippen LogP contribution in [0.4, 0.5) is 4.39 Å². The summed E-state index contributed by atoms with van der Waals surface area (Å²) in [4.78, 5) is 0. The van der Waals surface area contributed by atoms with E-state index in [4.69, 9.17) is 0 Å². The van der Waals surface area contributed by atoms with Gasteiger partial charge in [-0.25, -0.2) is 12.8 Å². The molecule has 0 radical (unpaired) electrons. The van der Waals surface area contributed by atoms with E-state index >= 15 is 0 Å². The van der Waals surface area contributed by atoms with E-state index in [9.17, 15) is 12.8 Å². The Morgan fingerprint density at radius 3 is 2.33 bits per heavy atom. The summed E-state index contributed by atoms with van der Waals surface area (Å²) in [5.74, 6) is -0.112. The van der Waals surface area contributed by atoms with E-state index in [2.05, 4.69) is 0 Å². The lowest BCUT2D eigenvalue weighted by Crippen LogP contribution is -2.15. The fourth-order valence-corrected chi connectivity index (χ4v) is 3.33. The summed E-state index contributed by atoms with van der Waals surface area (Å²) in [6.07, 6.45) is 0.607. The van der Waals surface area contributed by atoms with Gasteiger partial charge in [-0.3, -0.25) is 0 Å². The quantitative estimate of drug-likeness (QED) is 0.841. The average molecular weight is 272 g/mol. The zero-order valence-corrected chi connectivity index (χ0v) is 12.3. The Balaban J connectivity index is 3.07. The van der Waals surface area contributed by atoms with Gasteiger partial charge in [0.05, 0.1) is 11.5 Å². The molecule has 0 amide bonds. The van der Waals surface area contributed by atoms with Crippen LogP contribution in [0.15, 0.2) is 18.2 Å². The normalized spacial score (nSPS) is 12.7. The van der Waals surface area contributed by atoms with Crippen molar-refractivity contribution >= 4 is 9.84 Å². The zero-order valence-electron chi connectivity index (χ0n) is 11.5. The highest BCUT2D eigenvalue weighted by Gasteiger charge is 2.20. The van der Waals surface area contributed by atoms with Gasteiger partial charge in [0, 0.05) is 0 Å². The smallest absolute Gasteiger partial charge is 0.154 e. The first-order valence-electron chi connectivity index (χ1n) is 6.15. The summed E-state index contributed by atoms with van der Waals surface area (Å²) in [5.41, 5.74) is 0.899. The van der Waals surface area contributed by atoms with Gasteiger partial charge in [-0.15, -0.1) is 0 Å². The van der Waals surface area contributed by atoms with Gasteiger partial charge in [0.25, 0.3) is 0 Å². The van der Waals surface area contributed by atoms with E-state index in [-0.39, 0.29) is 22.7 Å². The summed E-state index contributed by atoms with van der Waals surface area (Å²) >= 11 is 0. The van der Waals surface area contributed by atoms with Crippen LogP contribution in [0.5, 0.6) is 0 Å². The Hall–Kier alpha value is -0.900. The fraction of sp³-hybridized carbons (Fsp3) is 0.571. The standard InChI is InChI=1S/C14H21FO2S/c1-5-8-18(16,17)10-11-6-7-13(15)12(9-11)14(2,3)4/h6-7,9H,5,8,10H2,1-4H3. The molecule has 1 aromatic rings. The van der Waals surface area contributed by atoms with Crippen LogP contribution in [-0.2, 0) is 21.0 Å². The molecule has 0 spiro atoms. The first-order valence-corrected chi connectivity index (χ1v) is 7.97. The van der Waals surface area contributed by atoms with E-state index in [0.717, 1.165) is 0 Å². The fourth-order valence-electron chi connectivity index (χ4n) is 1.87. The van der Waals surface area contributed by atoms with Crippen molar-refractivity contribution in [3.05, 3.63) is 35.1 Å². The molecule has 0 saturated heterocycles. The average Bonchev–Trinajstić information content (AvgIpc) is 2.18. The number of sulfone groups is 1. The zero-order chi connectivity index (χ0) is 14.0. The van der Waals surface area contributed by atoms with Crippen molar-refractivity contribution < 1.29 is 12.8 Å². The van der Waals surface area contributed by atoms with Gasteiger partial charge >= 0.3 is 0 Å². The minimum absolute atomic E-state index is 0.00972. The minimum atomic E-state index is -3.08. The molecule has 0 saturated carbocycles. The second kappa shape index (κ2) is 5.39. The first-order chi connectivity index (χ1) is 8.15. The van der Waals surface area contributed by atoms with Crippen LogP contribution in [0.2, 0.25) is 0 Å². The van der Waals surface area contributed by atoms with Crippen LogP contribution >= 0.6 is 0 Å². The highest BCUT2D eigenvalue weighted by Crippen LogP contribution is 2.26. The van der Waals surface area contributed by atoms with Crippen LogP contribution < -0.4 is 0 Å². The maximum atomic E-state index is 13.7. The number of hydrogen-bond acceptors (Lipinski definition) is 2. The van der Waals surface area contributed by atoms with Gasteiger partial charge in [-0.2, -0.15) is 0 Å². The summed E-state index contributed by atoms with van der Waals surface area (Å²) < 4.78 is 37.2. The molecule has 0 aliphatic heterocycles. The third kappa shape index (κ3) is 4.09. The van der Waals surface area contributed by atoms with Crippen molar-refractivity contribution in [2.24, 2.45) is 0 Å². The molecule has 0 fully saturated rings. The second-order valence-corrected chi connectivity index (χ2v) is 7.84. The molecule has 1 rings (SSSR count). The number of hydrogen-bond donors (Lipinski definition) is 0. The largest absolute Gasteiger partial charge is 0.228 e. The number of rotatable bonds is 4. The molecule has 0 aliphatic carbocycles. The SMILES string of the molecule is CCCS(=O)(=O)Cc1ccc(F)c(C(C)(C)C)c1. The van der Waals surface area contributed by atoms with Crippen LogP contribution in [0.25, 0.3) is 0 Å². The van der Waals surface area contributed by atoms with E-state index < -0.39 is 9.84 Å². The third-order valence-electron chi connectivity index (χ3n) is 2.74. The molecule has 0 aliphatic rings. The molecule has 0 unspecified atom stereocenters. The van der Waals surface area contributed by atoms with E-state index in [0.29, 0.717) is 17.5 Å². The minimum Gasteiger partial charge on any atom is -0.228 e. The van der Waals surface area contributed by atoms with Crippen molar-refractivity contribution in [3.8, 4) is 0 Å². The summed E-state index contributed by atoms with van der Waals surface area (Å²) in [7, 11) is -3.08. The molecule has 0 atom stereocenters. The molecule has 2 nitrogen and oxygen atoms in total. The van der Waals surface area contributed by atoms with Gasteiger partial charge in [-0.1, -0.05) is 39.8 Å². The summed E-state index contributed by atoms with van der Waals surface area (Å²) in [5, 5.41) is 0. The van der Waals surface area contributed by atoms with Gasteiger partial charge in [0.1, 0.15) is 5.82 Å². The molecule has 0 bridgehead atoms. The lowest BCUT2D eigenvalue weighted by Gasteiger charge is -2.20. The number of halogens is 1. The van der Waals surface area contributed by atoms with Crippen LogP contribution in [0, 0.1) is 5.82 Å². The Kier molecular flexibility index (Phi) is 4.54. The lowest BCUT2D eigenvalue weighted by atomic mass is 9.86. The molecular formula is C14H21FO2S. The van der Waals surface area contributed by atoms with E-state index in [1.54, 1.807) is 12.1 Å². The second-order valence-electron chi connectivity index (χ2n) is 5.66. The molecule has 18 heavy (non-hydrogen) atoms. The Labute approximate surface area is 109 Å². The van der Waals surface area contributed by atoms with E-state index in [1.165, 1.54) is 6.07 Å². The van der Waals surface area contributed by atoms with Crippen LogP contribution in [0.1, 0.15) is 45.2 Å². The maximum Gasteiger partial charge on any atom is 0.154 e. The van der Waals surface area contributed by atoms with Gasteiger partial charge in [0.15, 0.2) is 9.84 Å². The van der Waals surface area contributed by atoms with Gasteiger partial charge < -0.3 is 0 Å². The highest BCUT2D eigenvalue weighted by atomic mass is 32.2. The molecule has 4 heteroatoms. The lowest BCUT2D eigenvalue weighted by molar-refractivity contribution is 0.522. The number of benzene rings is 1. The predicted molar refractivity (Wildman–Crippen MR) is 72.9 cm³/mol. The summed E-state index contributed by atoms with van der Waals surface area (Å²) in [6, 6.07) is 4.58. The topological polar surface area (TPSA) is 34.1 Å². The summed E-state index contributed by atoms with van der Waals surface area (Å²) in [6.45, 7) is 7.57. The van der Waals surface area contributed by atoms with Crippen molar-refractivity contribution in [2.45, 2.75) is 45.3 Å². The molecule has 0 N–H and O–H groups in total. The van der Waals surface area contributed by atoms with Gasteiger partial charge in [-0.05, 0) is 29.0 Å². The Morgan fingerprint density at radius 2 is 1.83 bits per heavy atom. The molecule has 102 valence electrons. The van der Waals surface area contributed by atoms with Gasteiger partial charge in [0.2, 0.25) is 0 Å². The van der Waals surface area contributed by atoms with Crippen molar-refractivity contribution in [2.75, 3.05) is 5.75 Å². The van der Waals surface area contributed by atoms with Crippen LogP contribution in [0.3, 0.4) is 0 Å². The first kappa shape index (κ1) is 15.2. The Morgan fingerprint density at radius 1 is 1.22 bits per heavy atom. The van der Waals surface area contributed by atoms with E-state index in [1.807, 2.05) is 27.7 Å². The third-order valence-corrected chi connectivity index (χ3v) is 4.54. The molecular weight excluding hydrogens is 251 g/mol. The van der Waals surface area contributed by atoms with Crippen LogP contribution in [-0.4, -0.2) is 14.2 Å². The predicted octanol–water partition coefficient (Wildman–Crippen LogP) is 3.45.